The normalized spacial score (nSPS) is 12.0. The van der Waals surface area contributed by atoms with Crippen molar-refractivity contribution in [3.63, 3.8) is 0 Å². The third kappa shape index (κ3) is 1.59. The maximum atomic E-state index is 9.94. The zero-order valence-electron chi connectivity index (χ0n) is 9.07. The first kappa shape index (κ1) is 10.1. The molecule has 0 amide bonds. The van der Waals surface area contributed by atoms with Gasteiger partial charge in [-0.15, -0.1) is 0 Å². The van der Waals surface area contributed by atoms with Gasteiger partial charge in [0.25, 0.3) is 0 Å². The molecule has 0 bridgehead atoms. The minimum Gasteiger partial charge on any atom is -0.493 e. The summed E-state index contributed by atoms with van der Waals surface area (Å²) in [5, 5.41) is 10.8. The minimum atomic E-state index is -0.905. The Morgan fingerprint density at radius 1 is 1.33 bits per heavy atom. The number of methoxy groups -OCH3 is 1. The average Bonchev–Trinajstić information content (AvgIpc) is 2.59. The Bertz CT molecular complexity index is 477. The second kappa shape index (κ2) is 3.28. The van der Waals surface area contributed by atoms with Crippen LogP contribution in [-0.4, -0.2) is 12.2 Å². The summed E-state index contributed by atoms with van der Waals surface area (Å²) in [7, 11) is 1.60. The number of rotatable bonds is 2. The second-order valence-corrected chi connectivity index (χ2v) is 4.05. The fraction of sp³-hybridized carbons (Fsp3) is 0.333. The number of para-hydroxylation sites is 1. The van der Waals surface area contributed by atoms with E-state index in [0.717, 1.165) is 10.9 Å². The van der Waals surface area contributed by atoms with Crippen LogP contribution in [0.4, 0.5) is 0 Å². The lowest BCUT2D eigenvalue weighted by Gasteiger charge is -2.15. The number of aliphatic hydroxyl groups is 1. The first-order chi connectivity index (χ1) is 7.04. The van der Waals surface area contributed by atoms with Gasteiger partial charge in [-0.1, -0.05) is 12.1 Å². The smallest absolute Gasteiger partial charge is 0.176 e. The monoisotopic (exact) mass is 206 g/mol. The largest absolute Gasteiger partial charge is 0.493 e. The van der Waals surface area contributed by atoms with Crippen LogP contribution in [0.1, 0.15) is 19.4 Å². The first-order valence-electron chi connectivity index (χ1n) is 4.81. The molecule has 3 nitrogen and oxygen atoms in total. The Balaban J connectivity index is 2.72. The van der Waals surface area contributed by atoms with Crippen LogP contribution in [0, 0.1) is 0 Å². The van der Waals surface area contributed by atoms with E-state index in [1.807, 2.05) is 18.2 Å². The standard InChI is InChI=1S/C12H14O3/c1-12(2,13)9-7-15-11-8(9)5-4-6-10(11)14-3/h4-7,13H,1-3H3. The van der Waals surface area contributed by atoms with Crippen molar-refractivity contribution in [3.8, 4) is 5.75 Å². The van der Waals surface area contributed by atoms with Gasteiger partial charge in [-0.2, -0.15) is 0 Å². The lowest BCUT2D eigenvalue weighted by Crippen LogP contribution is -2.14. The van der Waals surface area contributed by atoms with Crippen LogP contribution < -0.4 is 4.74 Å². The molecule has 0 spiro atoms. The molecule has 0 unspecified atom stereocenters. The van der Waals surface area contributed by atoms with Crippen molar-refractivity contribution >= 4 is 11.0 Å². The highest BCUT2D eigenvalue weighted by Gasteiger charge is 2.22. The summed E-state index contributed by atoms with van der Waals surface area (Å²) in [5.74, 6) is 0.683. The van der Waals surface area contributed by atoms with Crippen molar-refractivity contribution in [1.82, 2.24) is 0 Å². The summed E-state index contributed by atoms with van der Waals surface area (Å²) in [6, 6.07) is 5.63. The van der Waals surface area contributed by atoms with Gasteiger partial charge in [0.15, 0.2) is 11.3 Å². The van der Waals surface area contributed by atoms with Gasteiger partial charge in [0.05, 0.1) is 19.0 Å². The van der Waals surface area contributed by atoms with E-state index in [4.69, 9.17) is 9.15 Å². The lowest BCUT2D eigenvalue weighted by atomic mass is 9.98. The highest BCUT2D eigenvalue weighted by molar-refractivity contribution is 5.86. The number of benzene rings is 1. The molecule has 0 fully saturated rings. The number of fused-ring (bicyclic) bond motifs is 1. The molecule has 1 aromatic carbocycles. The Labute approximate surface area is 88.3 Å². The van der Waals surface area contributed by atoms with Crippen LogP contribution in [0.2, 0.25) is 0 Å². The third-order valence-electron chi connectivity index (χ3n) is 2.44. The van der Waals surface area contributed by atoms with Crippen molar-refractivity contribution in [2.24, 2.45) is 0 Å². The predicted molar refractivity (Wildman–Crippen MR) is 58.0 cm³/mol. The van der Waals surface area contributed by atoms with E-state index in [0.29, 0.717) is 11.3 Å². The van der Waals surface area contributed by atoms with E-state index in [-0.39, 0.29) is 0 Å². The number of hydrogen-bond donors (Lipinski definition) is 1. The quantitative estimate of drug-likeness (QED) is 0.821. The van der Waals surface area contributed by atoms with Crippen LogP contribution >= 0.6 is 0 Å². The molecule has 2 rings (SSSR count). The molecule has 2 aromatic rings. The molecule has 1 heterocycles. The summed E-state index contributed by atoms with van der Waals surface area (Å²) in [6.07, 6.45) is 1.58. The molecule has 0 radical (unpaired) electrons. The Hall–Kier alpha value is -1.48. The van der Waals surface area contributed by atoms with E-state index in [1.54, 1.807) is 27.2 Å². The maximum Gasteiger partial charge on any atom is 0.176 e. The maximum absolute atomic E-state index is 9.94. The van der Waals surface area contributed by atoms with Crippen LogP contribution in [0.3, 0.4) is 0 Å². The highest BCUT2D eigenvalue weighted by Crippen LogP contribution is 2.34. The molecular formula is C12H14O3. The van der Waals surface area contributed by atoms with Crippen molar-refractivity contribution in [3.05, 3.63) is 30.0 Å². The van der Waals surface area contributed by atoms with Crippen LogP contribution in [0.15, 0.2) is 28.9 Å². The average molecular weight is 206 g/mol. The fourth-order valence-corrected chi connectivity index (χ4v) is 1.67. The molecule has 3 heteroatoms. The van der Waals surface area contributed by atoms with Gasteiger partial charge in [-0.05, 0) is 19.9 Å². The van der Waals surface area contributed by atoms with Crippen LogP contribution in [-0.2, 0) is 5.60 Å². The predicted octanol–water partition coefficient (Wildman–Crippen LogP) is 2.67. The lowest BCUT2D eigenvalue weighted by molar-refractivity contribution is 0.0792. The van der Waals surface area contributed by atoms with E-state index in [2.05, 4.69) is 0 Å². The van der Waals surface area contributed by atoms with Gasteiger partial charge in [0, 0.05) is 10.9 Å². The zero-order chi connectivity index (χ0) is 11.1. The number of ether oxygens (including phenoxy) is 1. The topological polar surface area (TPSA) is 42.6 Å². The Morgan fingerprint density at radius 2 is 2.07 bits per heavy atom. The molecule has 0 aliphatic heterocycles. The van der Waals surface area contributed by atoms with E-state index in [9.17, 15) is 5.11 Å². The zero-order valence-corrected chi connectivity index (χ0v) is 9.07. The van der Waals surface area contributed by atoms with E-state index >= 15 is 0 Å². The molecule has 0 atom stereocenters. The minimum absolute atomic E-state index is 0.678. The van der Waals surface area contributed by atoms with E-state index < -0.39 is 5.60 Å². The van der Waals surface area contributed by atoms with Crippen LogP contribution in [0.5, 0.6) is 5.75 Å². The van der Waals surface area contributed by atoms with Crippen LogP contribution in [0.25, 0.3) is 11.0 Å². The van der Waals surface area contributed by atoms with E-state index in [1.165, 1.54) is 0 Å². The van der Waals surface area contributed by atoms with Gasteiger partial charge in [-0.3, -0.25) is 0 Å². The highest BCUT2D eigenvalue weighted by atomic mass is 16.5. The third-order valence-corrected chi connectivity index (χ3v) is 2.44. The molecule has 1 aromatic heterocycles. The molecule has 0 saturated heterocycles. The number of furan rings is 1. The first-order valence-corrected chi connectivity index (χ1v) is 4.81. The van der Waals surface area contributed by atoms with Gasteiger partial charge >= 0.3 is 0 Å². The molecule has 0 aliphatic carbocycles. The summed E-state index contributed by atoms with van der Waals surface area (Å²) < 4.78 is 10.6. The summed E-state index contributed by atoms with van der Waals surface area (Å²) in [4.78, 5) is 0. The second-order valence-electron chi connectivity index (χ2n) is 4.05. The number of hydrogen-bond acceptors (Lipinski definition) is 3. The SMILES string of the molecule is COc1cccc2c(C(C)(C)O)coc12. The van der Waals surface area contributed by atoms with Crippen molar-refractivity contribution in [2.45, 2.75) is 19.4 Å². The Kier molecular flexibility index (Phi) is 2.20. The van der Waals surface area contributed by atoms with Gasteiger partial charge < -0.3 is 14.3 Å². The molecule has 1 N–H and O–H groups in total. The van der Waals surface area contributed by atoms with Gasteiger partial charge in [0.1, 0.15) is 0 Å². The van der Waals surface area contributed by atoms with Gasteiger partial charge in [0.2, 0.25) is 0 Å². The Morgan fingerprint density at radius 3 is 2.67 bits per heavy atom. The summed E-state index contributed by atoms with van der Waals surface area (Å²) in [6.45, 7) is 3.47. The molecule has 15 heavy (non-hydrogen) atoms. The molecule has 80 valence electrons. The molecular weight excluding hydrogens is 192 g/mol. The molecule has 0 aliphatic rings. The van der Waals surface area contributed by atoms with Crippen molar-refractivity contribution in [1.29, 1.82) is 0 Å². The fourth-order valence-electron chi connectivity index (χ4n) is 1.67. The van der Waals surface area contributed by atoms with Gasteiger partial charge in [-0.25, -0.2) is 0 Å². The molecule has 0 saturated carbocycles. The summed E-state index contributed by atoms with van der Waals surface area (Å²) in [5.41, 5.74) is 0.547. The van der Waals surface area contributed by atoms with Crippen molar-refractivity contribution < 1.29 is 14.3 Å². The van der Waals surface area contributed by atoms with Crippen molar-refractivity contribution in [2.75, 3.05) is 7.11 Å². The summed E-state index contributed by atoms with van der Waals surface area (Å²) >= 11 is 0.